The number of nitrogens with two attached hydrogens (primary N) is 1. The molecule has 0 aromatic rings. The van der Waals surface area contributed by atoms with Crippen LogP contribution in [-0.4, -0.2) is 54.2 Å². The number of carboxylic acid groups (broad SMARTS) is 1. The molecule has 0 saturated carbocycles. The van der Waals surface area contributed by atoms with Crippen molar-refractivity contribution in [2.24, 2.45) is 11.7 Å². The smallest absolute Gasteiger partial charge is 0.306 e. The van der Waals surface area contributed by atoms with Gasteiger partial charge in [0.05, 0.1) is 25.0 Å². The minimum Gasteiger partial charge on any atom is -0.481 e. The molecule has 3 N–H and O–H groups in total. The topological polar surface area (TPSA) is 92.9 Å². The molecule has 0 radical (unpaired) electrons. The molecular weight excluding hydrogens is 224 g/mol. The summed E-state index contributed by atoms with van der Waals surface area (Å²) in [5.74, 6) is -1.07. The van der Waals surface area contributed by atoms with E-state index in [1.807, 2.05) is 6.92 Å². The third-order valence-electron chi connectivity index (χ3n) is 2.98. The van der Waals surface area contributed by atoms with Crippen LogP contribution in [0.2, 0.25) is 0 Å². The highest BCUT2D eigenvalue weighted by Crippen LogP contribution is 2.13. The van der Waals surface area contributed by atoms with Crippen LogP contribution in [0.15, 0.2) is 0 Å². The van der Waals surface area contributed by atoms with Crippen LogP contribution in [0.25, 0.3) is 0 Å². The summed E-state index contributed by atoms with van der Waals surface area (Å²) in [6.07, 6.45) is 0.236. The van der Waals surface area contributed by atoms with Gasteiger partial charge in [0, 0.05) is 19.6 Å². The standard InChI is InChI=1S/C11H20N2O4/c1-2-8(6-12)11(16)13-3-4-17-9(7-13)5-10(14)15/h8-9H,2-7,12H2,1H3,(H,14,15). The van der Waals surface area contributed by atoms with Crippen molar-refractivity contribution in [1.82, 2.24) is 4.90 Å². The molecule has 1 aliphatic heterocycles. The van der Waals surface area contributed by atoms with E-state index in [1.54, 1.807) is 4.90 Å². The van der Waals surface area contributed by atoms with Gasteiger partial charge < -0.3 is 20.5 Å². The van der Waals surface area contributed by atoms with Gasteiger partial charge in [-0.2, -0.15) is 0 Å². The van der Waals surface area contributed by atoms with Crippen LogP contribution < -0.4 is 5.73 Å². The van der Waals surface area contributed by atoms with Gasteiger partial charge in [-0.3, -0.25) is 9.59 Å². The maximum absolute atomic E-state index is 12.0. The van der Waals surface area contributed by atoms with Crippen molar-refractivity contribution in [2.45, 2.75) is 25.9 Å². The molecule has 1 heterocycles. The molecule has 0 bridgehead atoms. The molecule has 1 amide bonds. The fourth-order valence-electron chi connectivity index (χ4n) is 1.94. The Hall–Kier alpha value is -1.14. The van der Waals surface area contributed by atoms with Crippen molar-refractivity contribution < 1.29 is 19.4 Å². The molecule has 98 valence electrons. The molecule has 6 nitrogen and oxygen atoms in total. The summed E-state index contributed by atoms with van der Waals surface area (Å²) in [4.78, 5) is 24.3. The summed E-state index contributed by atoms with van der Waals surface area (Å²) in [7, 11) is 0. The maximum atomic E-state index is 12.0. The number of carbonyl (C=O) groups is 2. The van der Waals surface area contributed by atoms with Crippen LogP contribution in [0.4, 0.5) is 0 Å². The van der Waals surface area contributed by atoms with Gasteiger partial charge in [-0.05, 0) is 6.42 Å². The van der Waals surface area contributed by atoms with Crippen LogP contribution in [0.1, 0.15) is 19.8 Å². The molecule has 0 aliphatic carbocycles. The van der Waals surface area contributed by atoms with Gasteiger partial charge in [-0.25, -0.2) is 0 Å². The number of morpholine rings is 1. The molecule has 1 rings (SSSR count). The molecule has 17 heavy (non-hydrogen) atoms. The third kappa shape index (κ3) is 3.98. The van der Waals surface area contributed by atoms with Crippen molar-refractivity contribution in [3.05, 3.63) is 0 Å². The lowest BCUT2D eigenvalue weighted by Crippen LogP contribution is -2.49. The molecule has 6 heteroatoms. The first kappa shape index (κ1) is 13.9. The molecule has 2 atom stereocenters. The quantitative estimate of drug-likeness (QED) is 0.691. The number of nitrogens with zero attached hydrogens (tertiary/aromatic N) is 1. The Labute approximate surface area is 101 Å². The Morgan fingerprint density at radius 1 is 1.59 bits per heavy atom. The van der Waals surface area contributed by atoms with Gasteiger partial charge >= 0.3 is 5.97 Å². The predicted octanol–water partition coefficient (Wildman–Crippen LogP) is -0.327. The summed E-state index contributed by atoms with van der Waals surface area (Å²) in [5, 5.41) is 8.69. The highest BCUT2D eigenvalue weighted by molar-refractivity contribution is 5.79. The summed E-state index contributed by atoms with van der Waals surface area (Å²) in [6.45, 7) is 3.51. The van der Waals surface area contributed by atoms with Crippen molar-refractivity contribution in [3.63, 3.8) is 0 Å². The Balaban J connectivity index is 2.53. The highest BCUT2D eigenvalue weighted by Gasteiger charge is 2.28. The first-order valence-corrected chi connectivity index (χ1v) is 5.90. The van der Waals surface area contributed by atoms with E-state index in [0.717, 1.165) is 0 Å². The average molecular weight is 244 g/mol. The fourth-order valence-corrected chi connectivity index (χ4v) is 1.94. The Kier molecular flexibility index (Phi) is 5.37. The zero-order valence-corrected chi connectivity index (χ0v) is 10.1. The lowest BCUT2D eigenvalue weighted by molar-refractivity contribution is -0.149. The Morgan fingerprint density at radius 2 is 2.29 bits per heavy atom. The van der Waals surface area contributed by atoms with E-state index in [1.165, 1.54) is 0 Å². The number of amides is 1. The highest BCUT2D eigenvalue weighted by atomic mass is 16.5. The van der Waals surface area contributed by atoms with E-state index in [-0.39, 0.29) is 18.2 Å². The minimum absolute atomic E-state index is 0.00805. The normalized spacial score (nSPS) is 22.2. The van der Waals surface area contributed by atoms with Crippen molar-refractivity contribution in [3.8, 4) is 0 Å². The van der Waals surface area contributed by atoms with E-state index in [9.17, 15) is 9.59 Å². The van der Waals surface area contributed by atoms with E-state index < -0.39 is 12.1 Å². The number of ether oxygens (including phenoxy) is 1. The van der Waals surface area contributed by atoms with Crippen LogP contribution in [0.5, 0.6) is 0 Å². The van der Waals surface area contributed by atoms with E-state index in [0.29, 0.717) is 32.7 Å². The van der Waals surface area contributed by atoms with Gasteiger partial charge in [0.15, 0.2) is 0 Å². The first-order chi connectivity index (χ1) is 8.08. The summed E-state index contributed by atoms with van der Waals surface area (Å²) in [6, 6.07) is 0. The molecule has 0 aromatic heterocycles. The van der Waals surface area contributed by atoms with E-state index >= 15 is 0 Å². The molecule has 1 aliphatic rings. The monoisotopic (exact) mass is 244 g/mol. The predicted molar refractivity (Wildman–Crippen MR) is 61.4 cm³/mol. The second-order valence-corrected chi connectivity index (χ2v) is 4.22. The van der Waals surface area contributed by atoms with Crippen molar-refractivity contribution >= 4 is 11.9 Å². The number of hydrogen-bond donors (Lipinski definition) is 2. The second-order valence-electron chi connectivity index (χ2n) is 4.22. The number of carboxylic acids is 1. The van der Waals surface area contributed by atoms with Gasteiger partial charge in [-0.15, -0.1) is 0 Å². The zero-order valence-electron chi connectivity index (χ0n) is 10.1. The summed E-state index contributed by atoms with van der Waals surface area (Å²) in [5.41, 5.74) is 5.53. The Bertz CT molecular complexity index is 279. The molecular formula is C11H20N2O4. The van der Waals surface area contributed by atoms with Crippen LogP contribution >= 0.6 is 0 Å². The van der Waals surface area contributed by atoms with Crippen LogP contribution in [0, 0.1) is 5.92 Å². The average Bonchev–Trinajstić information content (AvgIpc) is 2.30. The molecule has 2 unspecified atom stereocenters. The van der Waals surface area contributed by atoms with Gasteiger partial charge in [0.25, 0.3) is 0 Å². The number of hydrogen-bond acceptors (Lipinski definition) is 4. The first-order valence-electron chi connectivity index (χ1n) is 5.90. The third-order valence-corrected chi connectivity index (χ3v) is 2.98. The number of carbonyl (C=O) groups excluding carboxylic acids is 1. The zero-order chi connectivity index (χ0) is 12.8. The second kappa shape index (κ2) is 6.56. The molecule has 0 aromatic carbocycles. The van der Waals surface area contributed by atoms with Crippen molar-refractivity contribution in [1.29, 1.82) is 0 Å². The van der Waals surface area contributed by atoms with E-state index in [4.69, 9.17) is 15.6 Å². The molecule has 0 spiro atoms. The van der Waals surface area contributed by atoms with Crippen LogP contribution in [0.3, 0.4) is 0 Å². The maximum Gasteiger partial charge on any atom is 0.306 e. The molecule has 1 saturated heterocycles. The molecule has 1 fully saturated rings. The minimum atomic E-state index is -0.907. The van der Waals surface area contributed by atoms with E-state index in [2.05, 4.69) is 0 Å². The van der Waals surface area contributed by atoms with Gasteiger partial charge in [0.1, 0.15) is 0 Å². The fraction of sp³-hybridized carbons (Fsp3) is 0.818. The van der Waals surface area contributed by atoms with Crippen molar-refractivity contribution in [2.75, 3.05) is 26.2 Å². The summed E-state index contributed by atoms with van der Waals surface area (Å²) >= 11 is 0. The Morgan fingerprint density at radius 3 is 2.82 bits per heavy atom. The summed E-state index contributed by atoms with van der Waals surface area (Å²) < 4.78 is 5.31. The number of aliphatic carboxylic acids is 1. The largest absolute Gasteiger partial charge is 0.481 e. The SMILES string of the molecule is CCC(CN)C(=O)N1CCOC(CC(=O)O)C1. The van der Waals surface area contributed by atoms with Gasteiger partial charge in [0.2, 0.25) is 5.91 Å². The van der Waals surface area contributed by atoms with Gasteiger partial charge in [-0.1, -0.05) is 6.92 Å². The van der Waals surface area contributed by atoms with Crippen LogP contribution in [-0.2, 0) is 14.3 Å². The number of rotatable bonds is 5. The lowest BCUT2D eigenvalue weighted by Gasteiger charge is -2.34. The lowest BCUT2D eigenvalue weighted by atomic mass is 10.0.